The molecule has 2 aliphatic heterocycles. The number of piperazine rings is 1. The third-order valence-corrected chi connectivity index (χ3v) is 8.71. The number of fused-ring (bicyclic) bond motifs is 1. The van der Waals surface area contributed by atoms with Gasteiger partial charge in [0.2, 0.25) is 5.91 Å². The Morgan fingerprint density at radius 2 is 1.54 bits per heavy atom. The lowest BCUT2D eigenvalue weighted by molar-refractivity contribution is -0.127. The smallest absolute Gasteiger partial charge is 0.275 e. The van der Waals surface area contributed by atoms with E-state index in [0.29, 0.717) is 48.7 Å². The fourth-order valence-electron chi connectivity index (χ4n) is 6.23. The van der Waals surface area contributed by atoms with Crippen LogP contribution in [0.4, 0.5) is 20.2 Å². The second-order valence-corrected chi connectivity index (χ2v) is 11.6. The number of para-hydroxylation sites is 2. The summed E-state index contributed by atoms with van der Waals surface area (Å²) in [5.74, 6) is -2.09. The van der Waals surface area contributed by atoms with Crippen LogP contribution in [0.1, 0.15) is 17.5 Å². The van der Waals surface area contributed by atoms with Crippen molar-refractivity contribution in [3.8, 4) is 0 Å². The molecule has 234 valence electrons. The summed E-state index contributed by atoms with van der Waals surface area (Å²) in [6, 6.07) is 24.0. The van der Waals surface area contributed by atoms with Gasteiger partial charge in [0.1, 0.15) is 5.94 Å². The lowest BCUT2D eigenvalue weighted by Gasteiger charge is -2.35. The van der Waals surface area contributed by atoms with Gasteiger partial charge in [-0.05, 0) is 30.8 Å². The number of nitrogens with zero attached hydrogens (tertiary/aromatic N) is 3. The molecule has 3 aliphatic rings. The van der Waals surface area contributed by atoms with Crippen molar-refractivity contribution in [1.29, 1.82) is 0 Å². The number of nitrogens with one attached hydrogen (secondary N) is 1. The van der Waals surface area contributed by atoms with Crippen molar-refractivity contribution in [2.75, 3.05) is 50.0 Å². The summed E-state index contributed by atoms with van der Waals surface area (Å²) in [4.78, 5) is 45.2. The molecule has 46 heavy (non-hydrogen) atoms. The van der Waals surface area contributed by atoms with Crippen LogP contribution in [0.3, 0.4) is 0 Å². The average Bonchev–Trinajstić information content (AvgIpc) is 3.18. The van der Waals surface area contributed by atoms with E-state index in [1.807, 2.05) is 19.2 Å². The molecule has 9 heteroatoms. The van der Waals surface area contributed by atoms with Crippen LogP contribution in [0.5, 0.6) is 0 Å². The molecule has 1 aliphatic carbocycles. The first-order valence-electron chi connectivity index (χ1n) is 15.3. The highest BCUT2D eigenvalue weighted by Crippen LogP contribution is 2.46. The first-order valence-corrected chi connectivity index (χ1v) is 15.3. The molecule has 3 aromatic rings. The van der Waals surface area contributed by atoms with Gasteiger partial charge in [0.05, 0.1) is 11.6 Å². The molecule has 1 N–H and O–H groups in total. The van der Waals surface area contributed by atoms with Crippen LogP contribution in [-0.2, 0) is 14.4 Å². The zero-order chi connectivity index (χ0) is 32.3. The number of hydrogen-bond donors (Lipinski definition) is 1. The van der Waals surface area contributed by atoms with E-state index >= 15 is 8.78 Å². The second kappa shape index (κ2) is 13.1. The summed E-state index contributed by atoms with van der Waals surface area (Å²) in [5, 5.41) is 2.89. The lowest BCUT2D eigenvalue weighted by Crippen LogP contribution is -2.46. The molecule has 0 aromatic heterocycles. The molecule has 0 radical (unpaired) electrons. The van der Waals surface area contributed by atoms with E-state index in [9.17, 15) is 14.4 Å². The Hall–Kier alpha value is -5.11. The first kappa shape index (κ1) is 30.9. The molecule has 2 heterocycles. The standard InChI is InChI=1S/C37H34F2N4O3/c1-41-20-22-42(23-21-41)34(45)24-31-28-14-8-9-15-32(28)43(19-18-37(31,38)39)33-17-16-29(36(46)40-27-12-6-3-7-13-27)35(30(33)25-44)26-10-4-2-5-11-26/h2-17,24,33H,18-23H2,1H3,(H,40,46). The van der Waals surface area contributed by atoms with Gasteiger partial charge in [-0.15, -0.1) is 0 Å². The number of benzene rings is 3. The van der Waals surface area contributed by atoms with Crippen molar-refractivity contribution in [1.82, 2.24) is 9.80 Å². The third kappa shape index (κ3) is 6.20. The predicted molar refractivity (Wildman–Crippen MR) is 176 cm³/mol. The summed E-state index contributed by atoms with van der Waals surface area (Å²) in [7, 11) is 1.96. The molecule has 0 spiro atoms. The Bertz CT molecular complexity index is 1770. The minimum absolute atomic E-state index is 0.113. The van der Waals surface area contributed by atoms with E-state index in [1.165, 1.54) is 0 Å². The predicted octanol–water partition coefficient (Wildman–Crippen LogP) is 5.48. The van der Waals surface area contributed by atoms with Crippen LogP contribution in [0.15, 0.2) is 114 Å². The van der Waals surface area contributed by atoms with Crippen LogP contribution >= 0.6 is 0 Å². The molecule has 0 bridgehead atoms. The summed E-state index contributed by atoms with van der Waals surface area (Å²) in [6.45, 7) is 2.17. The number of likely N-dealkylation sites (N-methyl/N-ethyl adjacent to an activating group) is 1. The summed E-state index contributed by atoms with van der Waals surface area (Å²) in [5.41, 5.74) is 2.36. The molecule has 2 amide bonds. The maximum Gasteiger partial charge on any atom is 0.275 e. The molecule has 6 rings (SSSR count). The van der Waals surface area contributed by atoms with Crippen molar-refractivity contribution in [2.45, 2.75) is 18.4 Å². The first-order chi connectivity index (χ1) is 22.3. The van der Waals surface area contributed by atoms with Gasteiger partial charge in [-0.3, -0.25) is 9.59 Å². The van der Waals surface area contributed by atoms with Gasteiger partial charge < -0.3 is 20.0 Å². The van der Waals surface area contributed by atoms with Gasteiger partial charge in [0.25, 0.3) is 11.8 Å². The SMILES string of the molecule is CN1CCN(C(=O)C=C2c3ccccc3N(C3C=CC(C(=O)Nc4ccccc4)=C(c4ccccc4)C3=C=O)CCC2(F)F)CC1. The maximum absolute atomic E-state index is 16.0. The molecule has 0 saturated carbocycles. The van der Waals surface area contributed by atoms with Crippen LogP contribution in [0, 0.1) is 0 Å². The molecule has 3 aromatic carbocycles. The van der Waals surface area contributed by atoms with E-state index in [-0.39, 0.29) is 28.8 Å². The minimum atomic E-state index is -3.31. The number of allylic oxidation sites excluding steroid dienone is 1. The molecular formula is C37H34F2N4O3. The van der Waals surface area contributed by atoms with Gasteiger partial charge in [0, 0.05) is 78.9 Å². The van der Waals surface area contributed by atoms with Gasteiger partial charge >= 0.3 is 0 Å². The Morgan fingerprint density at radius 1 is 0.891 bits per heavy atom. The number of hydrogen-bond acceptors (Lipinski definition) is 5. The molecule has 1 fully saturated rings. The van der Waals surface area contributed by atoms with Crippen molar-refractivity contribution in [3.05, 3.63) is 125 Å². The molecule has 1 saturated heterocycles. The normalized spacial score (nSPS) is 20.6. The number of amides is 2. The topological polar surface area (TPSA) is 73.0 Å². The minimum Gasteiger partial charge on any atom is -0.359 e. The third-order valence-electron chi connectivity index (χ3n) is 8.71. The van der Waals surface area contributed by atoms with Crippen LogP contribution in [0.2, 0.25) is 0 Å². The van der Waals surface area contributed by atoms with Crippen LogP contribution in [-0.4, -0.2) is 79.3 Å². The van der Waals surface area contributed by atoms with Crippen molar-refractivity contribution in [3.63, 3.8) is 0 Å². The van der Waals surface area contributed by atoms with E-state index in [2.05, 4.69) is 16.2 Å². The van der Waals surface area contributed by atoms with E-state index < -0.39 is 30.2 Å². The highest BCUT2D eigenvalue weighted by Gasteiger charge is 2.43. The number of anilines is 2. The number of alkyl halides is 2. The number of carbonyl (C=O) groups excluding carboxylic acids is 3. The molecule has 1 atom stereocenters. The number of carbonyl (C=O) groups is 2. The van der Waals surface area contributed by atoms with E-state index in [0.717, 1.165) is 6.08 Å². The highest BCUT2D eigenvalue weighted by atomic mass is 19.3. The van der Waals surface area contributed by atoms with E-state index in [4.69, 9.17) is 0 Å². The fraction of sp³-hybridized carbons (Fsp3) is 0.243. The molecular weight excluding hydrogens is 586 g/mol. The molecule has 7 nitrogen and oxygen atoms in total. The highest BCUT2D eigenvalue weighted by molar-refractivity contribution is 6.15. The Balaban J connectivity index is 1.40. The largest absolute Gasteiger partial charge is 0.359 e. The van der Waals surface area contributed by atoms with Gasteiger partial charge in [0.15, 0.2) is 0 Å². The summed E-state index contributed by atoms with van der Waals surface area (Å²) in [6.07, 6.45) is 3.84. The Labute approximate surface area is 266 Å². The maximum atomic E-state index is 16.0. The van der Waals surface area contributed by atoms with Crippen LogP contribution < -0.4 is 10.2 Å². The van der Waals surface area contributed by atoms with Crippen molar-refractivity contribution < 1.29 is 23.2 Å². The van der Waals surface area contributed by atoms with Crippen LogP contribution in [0.25, 0.3) is 11.1 Å². The Kier molecular flexibility index (Phi) is 8.79. The Morgan fingerprint density at radius 3 is 2.24 bits per heavy atom. The number of rotatable bonds is 5. The zero-order valence-corrected chi connectivity index (χ0v) is 25.5. The molecule has 1 unspecified atom stereocenters. The number of halogens is 2. The summed E-state index contributed by atoms with van der Waals surface area (Å²) >= 11 is 0. The second-order valence-electron chi connectivity index (χ2n) is 11.6. The van der Waals surface area contributed by atoms with Crippen molar-refractivity contribution in [2.24, 2.45) is 0 Å². The average molecular weight is 621 g/mol. The summed E-state index contributed by atoms with van der Waals surface area (Å²) < 4.78 is 32.0. The van der Waals surface area contributed by atoms with Gasteiger partial charge in [-0.25, -0.2) is 13.6 Å². The van der Waals surface area contributed by atoms with E-state index in [1.54, 1.807) is 94.7 Å². The zero-order valence-electron chi connectivity index (χ0n) is 25.5. The lowest BCUT2D eigenvalue weighted by atomic mass is 9.84. The fourth-order valence-corrected chi connectivity index (χ4v) is 6.23. The van der Waals surface area contributed by atoms with Gasteiger partial charge in [-0.2, -0.15) is 0 Å². The van der Waals surface area contributed by atoms with Crippen molar-refractivity contribution >= 4 is 40.3 Å². The monoisotopic (exact) mass is 620 g/mol. The van der Waals surface area contributed by atoms with Gasteiger partial charge in [-0.1, -0.05) is 78.9 Å². The quantitative estimate of drug-likeness (QED) is 0.302.